The lowest BCUT2D eigenvalue weighted by molar-refractivity contribution is 0.597. The minimum Gasteiger partial charge on any atom is -0.267 e. The Morgan fingerprint density at radius 2 is 1.59 bits per heavy atom. The highest BCUT2D eigenvalue weighted by Gasteiger charge is 2.11. The van der Waals surface area contributed by atoms with Gasteiger partial charge in [-0.1, -0.05) is 18.2 Å². The maximum Gasteiger partial charge on any atom is 0.279 e. The van der Waals surface area contributed by atoms with Gasteiger partial charge >= 0.3 is 0 Å². The number of aromatic nitrogens is 2. The number of nitrogens with zero attached hydrogens (tertiary/aromatic N) is 2. The molecule has 1 heterocycles. The van der Waals surface area contributed by atoms with Crippen molar-refractivity contribution in [3.8, 4) is 5.69 Å². The maximum absolute atomic E-state index is 12.5. The van der Waals surface area contributed by atoms with Crippen LogP contribution in [0.2, 0.25) is 0 Å². The van der Waals surface area contributed by atoms with Gasteiger partial charge in [0.05, 0.1) is 21.7 Å². The number of aryl methyl sites for hydroxylation is 1. The highest BCUT2D eigenvalue weighted by atomic mass is 32.2. The molecule has 0 aliphatic rings. The van der Waals surface area contributed by atoms with Gasteiger partial charge in [0, 0.05) is 5.39 Å². The van der Waals surface area contributed by atoms with Crippen LogP contribution in [0, 0.1) is 6.92 Å². The van der Waals surface area contributed by atoms with Crippen LogP contribution in [0.25, 0.3) is 16.5 Å². The zero-order valence-corrected chi connectivity index (χ0v) is 12.5. The Kier molecular flexibility index (Phi) is 3.31. The number of sulfonamides is 1. The Hall–Kier alpha value is -2.51. The SMILES string of the molecule is Cc1nn(-c2ccc(S(N)(=O)=O)cc2)c(=O)c2ccccc12. The van der Waals surface area contributed by atoms with Crippen LogP contribution in [0.1, 0.15) is 5.69 Å². The molecule has 0 radical (unpaired) electrons. The first-order valence-corrected chi connectivity index (χ1v) is 8.04. The Morgan fingerprint density at radius 3 is 2.18 bits per heavy atom. The van der Waals surface area contributed by atoms with Crippen LogP contribution in [-0.4, -0.2) is 18.2 Å². The molecule has 0 bridgehead atoms. The lowest BCUT2D eigenvalue weighted by atomic mass is 10.1. The molecule has 0 atom stereocenters. The quantitative estimate of drug-likeness (QED) is 0.772. The van der Waals surface area contributed by atoms with Crippen LogP contribution in [0.3, 0.4) is 0 Å². The molecule has 112 valence electrons. The summed E-state index contributed by atoms with van der Waals surface area (Å²) in [5.74, 6) is 0. The topological polar surface area (TPSA) is 95.1 Å². The number of primary sulfonamides is 1. The summed E-state index contributed by atoms with van der Waals surface area (Å²) in [5.41, 5.74) is 0.932. The molecule has 3 aromatic rings. The minimum absolute atomic E-state index is 0.0122. The number of benzene rings is 2. The van der Waals surface area contributed by atoms with Gasteiger partial charge in [0.25, 0.3) is 5.56 Å². The third kappa shape index (κ3) is 2.40. The van der Waals surface area contributed by atoms with Crippen molar-refractivity contribution in [3.05, 3.63) is 64.6 Å². The van der Waals surface area contributed by atoms with Gasteiger partial charge in [-0.2, -0.15) is 9.78 Å². The summed E-state index contributed by atoms with van der Waals surface area (Å²) in [6.45, 7) is 1.82. The molecule has 22 heavy (non-hydrogen) atoms. The lowest BCUT2D eigenvalue weighted by Crippen LogP contribution is -2.22. The van der Waals surface area contributed by atoms with Crippen LogP contribution >= 0.6 is 0 Å². The molecule has 0 amide bonds. The van der Waals surface area contributed by atoms with E-state index in [-0.39, 0.29) is 10.5 Å². The van der Waals surface area contributed by atoms with Crippen LogP contribution in [0.15, 0.2) is 58.2 Å². The molecule has 0 unspecified atom stereocenters. The molecular weight excluding hydrogens is 302 g/mol. The second kappa shape index (κ2) is 5.04. The second-order valence-corrected chi connectivity index (χ2v) is 6.45. The summed E-state index contributed by atoms with van der Waals surface area (Å²) in [6, 6.07) is 12.9. The van der Waals surface area contributed by atoms with Crippen LogP contribution in [0.4, 0.5) is 0 Å². The van der Waals surface area contributed by atoms with Crippen LogP contribution in [0.5, 0.6) is 0 Å². The standard InChI is InChI=1S/C15H13N3O3S/c1-10-13-4-2-3-5-14(13)15(19)18(17-10)11-6-8-12(9-7-11)22(16,20)21/h2-9H,1H3,(H2,16,20,21). The Balaban J connectivity index is 2.23. The van der Waals surface area contributed by atoms with Crippen molar-refractivity contribution in [2.24, 2.45) is 5.14 Å². The summed E-state index contributed by atoms with van der Waals surface area (Å²) < 4.78 is 23.8. The number of hydrogen-bond acceptors (Lipinski definition) is 4. The third-order valence-electron chi connectivity index (χ3n) is 3.40. The van der Waals surface area contributed by atoms with E-state index in [4.69, 9.17) is 5.14 Å². The maximum atomic E-state index is 12.5. The Bertz CT molecular complexity index is 1020. The number of rotatable bonds is 2. The van der Waals surface area contributed by atoms with E-state index < -0.39 is 10.0 Å². The zero-order valence-electron chi connectivity index (χ0n) is 11.7. The molecule has 1 aromatic heterocycles. The minimum atomic E-state index is -3.76. The van der Waals surface area contributed by atoms with E-state index in [1.807, 2.05) is 19.1 Å². The third-order valence-corrected chi connectivity index (χ3v) is 4.33. The predicted octanol–water partition coefficient (Wildman–Crippen LogP) is 1.34. The summed E-state index contributed by atoms with van der Waals surface area (Å²) in [4.78, 5) is 12.5. The molecule has 0 saturated heterocycles. The zero-order chi connectivity index (χ0) is 15.9. The van der Waals surface area contributed by atoms with Crippen molar-refractivity contribution < 1.29 is 8.42 Å². The van der Waals surface area contributed by atoms with Gasteiger partial charge < -0.3 is 0 Å². The summed E-state index contributed by atoms with van der Waals surface area (Å²) in [5, 5.41) is 10.7. The van der Waals surface area contributed by atoms with Crippen LogP contribution < -0.4 is 10.7 Å². The molecule has 2 N–H and O–H groups in total. The molecule has 0 aliphatic carbocycles. The molecule has 0 spiro atoms. The van der Waals surface area contributed by atoms with Crippen molar-refractivity contribution in [3.63, 3.8) is 0 Å². The summed E-state index contributed by atoms with van der Waals surface area (Å²) >= 11 is 0. The van der Waals surface area contributed by atoms with Gasteiger partial charge in [0.1, 0.15) is 0 Å². The average molecular weight is 315 g/mol. The van der Waals surface area contributed by atoms with Gasteiger partial charge in [-0.05, 0) is 37.3 Å². The van der Waals surface area contributed by atoms with Crippen molar-refractivity contribution in [1.29, 1.82) is 0 Å². The molecule has 0 fully saturated rings. The second-order valence-electron chi connectivity index (χ2n) is 4.89. The fourth-order valence-electron chi connectivity index (χ4n) is 2.30. The van der Waals surface area contributed by atoms with E-state index in [0.29, 0.717) is 16.8 Å². The predicted molar refractivity (Wildman–Crippen MR) is 83.5 cm³/mol. The van der Waals surface area contributed by atoms with Crippen molar-refractivity contribution in [2.45, 2.75) is 11.8 Å². The molecule has 3 rings (SSSR count). The summed E-state index contributed by atoms with van der Waals surface area (Å²) in [6.07, 6.45) is 0. The van der Waals surface area contributed by atoms with Gasteiger partial charge in [0.2, 0.25) is 10.0 Å². The molecule has 0 aliphatic heterocycles. The smallest absolute Gasteiger partial charge is 0.267 e. The van der Waals surface area contributed by atoms with E-state index in [0.717, 1.165) is 5.39 Å². The fourth-order valence-corrected chi connectivity index (χ4v) is 2.82. The van der Waals surface area contributed by atoms with E-state index >= 15 is 0 Å². The van der Waals surface area contributed by atoms with Crippen molar-refractivity contribution >= 4 is 20.8 Å². The first kappa shape index (κ1) is 14.4. The normalized spacial score (nSPS) is 11.7. The van der Waals surface area contributed by atoms with E-state index in [1.165, 1.54) is 28.9 Å². The number of hydrogen-bond donors (Lipinski definition) is 1. The van der Waals surface area contributed by atoms with Crippen LogP contribution in [-0.2, 0) is 10.0 Å². The van der Waals surface area contributed by atoms with Crippen molar-refractivity contribution in [2.75, 3.05) is 0 Å². The van der Waals surface area contributed by atoms with E-state index in [1.54, 1.807) is 12.1 Å². The Morgan fingerprint density at radius 1 is 1.00 bits per heavy atom. The van der Waals surface area contributed by atoms with Gasteiger partial charge in [-0.15, -0.1) is 0 Å². The highest BCUT2D eigenvalue weighted by Crippen LogP contribution is 2.15. The number of nitrogens with two attached hydrogens (primary N) is 1. The Labute approximate surface area is 126 Å². The molecule has 2 aromatic carbocycles. The molecule has 0 saturated carbocycles. The number of fused-ring (bicyclic) bond motifs is 1. The van der Waals surface area contributed by atoms with Crippen molar-refractivity contribution in [1.82, 2.24) is 9.78 Å². The van der Waals surface area contributed by atoms with E-state index in [9.17, 15) is 13.2 Å². The van der Waals surface area contributed by atoms with Gasteiger partial charge in [-0.3, -0.25) is 4.79 Å². The molecular formula is C15H13N3O3S. The summed E-state index contributed by atoms with van der Waals surface area (Å²) in [7, 11) is -3.76. The van der Waals surface area contributed by atoms with Gasteiger partial charge in [-0.25, -0.2) is 13.6 Å². The highest BCUT2D eigenvalue weighted by molar-refractivity contribution is 7.89. The monoisotopic (exact) mass is 315 g/mol. The molecule has 7 heteroatoms. The average Bonchev–Trinajstić information content (AvgIpc) is 2.50. The van der Waals surface area contributed by atoms with Gasteiger partial charge in [0.15, 0.2) is 0 Å². The lowest BCUT2D eigenvalue weighted by Gasteiger charge is -2.09. The first-order chi connectivity index (χ1) is 10.4. The van der Waals surface area contributed by atoms with E-state index in [2.05, 4.69) is 5.10 Å². The largest absolute Gasteiger partial charge is 0.279 e. The first-order valence-electron chi connectivity index (χ1n) is 6.50. The fraction of sp³-hybridized carbons (Fsp3) is 0.0667. The molecule has 6 nitrogen and oxygen atoms in total.